The second-order valence-corrected chi connectivity index (χ2v) is 3.70. The molecule has 18 heavy (non-hydrogen) atoms. The number of carbonyl (C=O) groups is 1. The van der Waals surface area contributed by atoms with Gasteiger partial charge in [-0.15, -0.1) is 12.4 Å². The van der Waals surface area contributed by atoms with Crippen LogP contribution >= 0.6 is 12.4 Å². The van der Waals surface area contributed by atoms with E-state index in [0.29, 0.717) is 12.4 Å². The summed E-state index contributed by atoms with van der Waals surface area (Å²) in [5, 5.41) is 2.79. The van der Waals surface area contributed by atoms with Crippen molar-refractivity contribution in [2.24, 2.45) is 0 Å². The largest absolute Gasteiger partial charge is 0.333 e. The number of amides is 2. The van der Waals surface area contributed by atoms with Crippen LogP contribution in [0.3, 0.4) is 0 Å². The van der Waals surface area contributed by atoms with Crippen molar-refractivity contribution >= 4 is 29.9 Å². The average molecular weight is 263 g/mol. The number of rotatable bonds is 1. The minimum Gasteiger partial charge on any atom is -0.333 e. The molecule has 1 aromatic heterocycles. The second kappa shape index (κ2) is 5.01. The van der Waals surface area contributed by atoms with Crippen molar-refractivity contribution in [3.8, 4) is 0 Å². The van der Waals surface area contributed by atoms with Gasteiger partial charge in [0.1, 0.15) is 12.1 Å². The zero-order chi connectivity index (χ0) is 11.7. The van der Waals surface area contributed by atoms with E-state index in [-0.39, 0.29) is 18.4 Å². The van der Waals surface area contributed by atoms with Gasteiger partial charge in [-0.1, -0.05) is 18.2 Å². The fourth-order valence-corrected chi connectivity index (χ4v) is 1.84. The molecule has 2 amide bonds. The molecule has 2 heterocycles. The third kappa shape index (κ3) is 2.00. The maximum atomic E-state index is 11.9. The zero-order valence-electron chi connectivity index (χ0n) is 9.41. The number of para-hydroxylation sites is 1. The number of nitrogens with one attached hydrogen (secondary N) is 1. The molecule has 0 bridgehead atoms. The Morgan fingerprint density at radius 1 is 1.22 bits per heavy atom. The van der Waals surface area contributed by atoms with Crippen LogP contribution in [0, 0.1) is 0 Å². The Morgan fingerprint density at radius 2 is 2.00 bits per heavy atom. The zero-order valence-corrected chi connectivity index (χ0v) is 10.2. The fraction of sp³-hybridized carbons (Fsp3) is 0.0833. The molecule has 1 N–H and O–H groups in total. The van der Waals surface area contributed by atoms with Crippen LogP contribution in [-0.2, 0) is 6.54 Å². The van der Waals surface area contributed by atoms with Crippen LogP contribution < -0.4 is 10.2 Å². The van der Waals surface area contributed by atoms with Crippen LogP contribution in [0.15, 0.2) is 42.9 Å². The first-order valence-corrected chi connectivity index (χ1v) is 5.28. The van der Waals surface area contributed by atoms with Gasteiger partial charge in [-0.05, 0) is 12.1 Å². The minimum absolute atomic E-state index is 0. The lowest BCUT2D eigenvalue weighted by Gasteiger charge is -2.28. The minimum atomic E-state index is -0.164. The Bertz CT molecular complexity index is 561. The van der Waals surface area contributed by atoms with E-state index in [1.54, 1.807) is 11.1 Å². The van der Waals surface area contributed by atoms with Crippen molar-refractivity contribution in [2.75, 3.05) is 4.90 Å². The van der Waals surface area contributed by atoms with Gasteiger partial charge < -0.3 is 5.32 Å². The van der Waals surface area contributed by atoms with Gasteiger partial charge in [0.15, 0.2) is 0 Å². The molecule has 0 radical (unpaired) electrons. The molecule has 1 aliphatic heterocycles. The molecular weight excluding hydrogens is 252 g/mol. The van der Waals surface area contributed by atoms with E-state index in [9.17, 15) is 4.79 Å². The van der Waals surface area contributed by atoms with Gasteiger partial charge in [-0.25, -0.2) is 19.7 Å². The molecule has 0 aliphatic carbocycles. The van der Waals surface area contributed by atoms with Crippen molar-refractivity contribution in [1.29, 1.82) is 0 Å². The molecule has 6 heteroatoms. The van der Waals surface area contributed by atoms with Crippen molar-refractivity contribution < 1.29 is 4.79 Å². The Hall–Kier alpha value is -2.14. The SMILES string of the molecule is Cl.O=C1NCc2cncnc2N1c1ccccc1. The van der Waals surface area contributed by atoms with Crippen molar-refractivity contribution in [1.82, 2.24) is 15.3 Å². The highest BCUT2D eigenvalue weighted by Gasteiger charge is 2.26. The number of hydrogen-bond donors (Lipinski definition) is 1. The molecule has 2 aromatic rings. The van der Waals surface area contributed by atoms with Crippen LogP contribution in [0.25, 0.3) is 0 Å². The molecule has 0 saturated carbocycles. The number of anilines is 2. The van der Waals surface area contributed by atoms with Gasteiger partial charge in [0.05, 0.1) is 5.69 Å². The first-order chi connectivity index (χ1) is 8.36. The average Bonchev–Trinajstić information content (AvgIpc) is 2.39. The third-order valence-corrected chi connectivity index (χ3v) is 2.62. The molecule has 1 aromatic carbocycles. The maximum Gasteiger partial charge on any atom is 0.327 e. The van der Waals surface area contributed by atoms with Crippen molar-refractivity contribution in [3.05, 3.63) is 48.4 Å². The first kappa shape index (κ1) is 12.3. The lowest BCUT2D eigenvalue weighted by Crippen LogP contribution is -2.41. The summed E-state index contributed by atoms with van der Waals surface area (Å²) < 4.78 is 0. The number of benzene rings is 1. The molecule has 0 fully saturated rings. The highest BCUT2D eigenvalue weighted by atomic mass is 35.5. The lowest BCUT2D eigenvalue weighted by atomic mass is 10.2. The van der Waals surface area contributed by atoms with Crippen LogP contribution in [0.5, 0.6) is 0 Å². The van der Waals surface area contributed by atoms with E-state index in [0.717, 1.165) is 11.3 Å². The van der Waals surface area contributed by atoms with Crippen LogP contribution in [0.4, 0.5) is 16.3 Å². The highest BCUT2D eigenvalue weighted by Crippen LogP contribution is 2.28. The monoisotopic (exact) mass is 262 g/mol. The number of nitrogens with zero attached hydrogens (tertiary/aromatic N) is 3. The molecule has 0 unspecified atom stereocenters. The van der Waals surface area contributed by atoms with Gasteiger partial charge in [0.25, 0.3) is 0 Å². The van der Waals surface area contributed by atoms with E-state index in [4.69, 9.17) is 0 Å². The summed E-state index contributed by atoms with van der Waals surface area (Å²) in [6, 6.07) is 9.26. The van der Waals surface area contributed by atoms with Crippen molar-refractivity contribution in [2.45, 2.75) is 6.54 Å². The Kier molecular flexibility index (Phi) is 3.43. The summed E-state index contributed by atoms with van der Waals surface area (Å²) in [6.45, 7) is 0.471. The summed E-state index contributed by atoms with van der Waals surface area (Å²) >= 11 is 0. The second-order valence-electron chi connectivity index (χ2n) is 3.70. The normalized spacial score (nSPS) is 13.3. The predicted molar refractivity (Wildman–Crippen MR) is 70.1 cm³/mol. The van der Waals surface area contributed by atoms with Crippen molar-refractivity contribution in [3.63, 3.8) is 0 Å². The van der Waals surface area contributed by atoms with Crippen LogP contribution in [0.2, 0.25) is 0 Å². The number of aromatic nitrogens is 2. The molecule has 0 atom stereocenters. The smallest absolute Gasteiger partial charge is 0.327 e. The van der Waals surface area contributed by atoms with E-state index in [2.05, 4.69) is 15.3 Å². The molecule has 92 valence electrons. The Morgan fingerprint density at radius 3 is 2.78 bits per heavy atom. The van der Waals surface area contributed by atoms with Crippen LogP contribution in [0.1, 0.15) is 5.56 Å². The molecule has 0 spiro atoms. The third-order valence-electron chi connectivity index (χ3n) is 2.62. The van der Waals surface area contributed by atoms with Gasteiger partial charge in [-0.2, -0.15) is 0 Å². The van der Waals surface area contributed by atoms with Crippen LogP contribution in [-0.4, -0.2) is 16.0 Å². The number of halogens is 1. The summed E-state index contributed by atoms with van der Waals surface area (Å²) in [5.41, 5.74) is 1.71. The molecule has 1 aliphatic rings. The number of carbonyl (C=O) groups excluding carboxylic acids is 1. The van der Waals surface area contributed by atoms with Gasteiger partial charge in [-0.3, -0.25) is 0 Å². The predicted octanol–water partition coefficient (Wildman–Crippen LogP) is 2.26. The summed E-state index contributed by atoms with van der Waals surface area (Å²) in [6.07, 6.45) is 3.17. The fourth-order valence-electron chi connectivity index (χ4n) is 1.84. The first-order valence-electron chi connectivity index (χ1n) is 5.28. The van der Waals surface area contributed by atoms with E-state index in [1.165, 1.54) is 6.33 Å². The molecular formula is C12H11ClN4O. The van der Waals surface area contributed by atoms with E-state index >= 15 is 0 Å². The molecule has 3 rings (SSSR count). The summed E-state index contributed by atoms with van der Waals surface area (Å²) in [4.78, 5) is 21.6. The number of fused-ring (bicyclic) bond motifs is 1. The molecule has 0 saturated heterocycles. The summed E-state index contributed by atoms with van der Waals surface area (Å²) in [7, 11) is 0. The topological polar surface area (TPSA) is 58.1 Å². The van der Waals surface area contributed by atoms with E-state index < -0.39 is 0 Å². The lowest BCUT2D eigenvalue weighted by molar-refractivity contribution is 0.247. The maximum absolute atomic E-state index is 11.9. The van der Waals surface area contributed by atoms with Gasteiger partial charge >= 0.3 is 6.03 Å². The number of hydrogen-bond acceptors (Lipinski definition) is 3. The standard InChI is InChI=1S/C12H10N4O.ClH/c17-12-14-7-9-6-13-8-15-11(9)16(12)10-4-2-1-3-5-10;/h1-6,8H,7H2,(H,14,17);1H. The van der Waals surface area contributed by atoms with Gasteiger partial charge in [0, 0.05) is 18.3 Å². The Labute approximate surface area is 110 Å². The summed E-state index contributed by atoms with van der Waals surface area (Å²) in [5.74, 6) is 0.648. The number of urea groups is 1. The van der Waals surface area contributed by atoms with E-state index in [1.807, 2.05) is 30.3 Å². The Balaban J connectivity index is 0.00000120. The van der Waals surface area contributed by atoms with Gasteiger partial charge in [0.2, 0.25) is 0 Å². The molecule has 5 nitrogen and oxygen atoms in total. The highest BCUT2D eigenvalue weighted by molar-refractivity contribution is 6.00. The quantitative estimate of drug-likeness (QED) is 0.858.